The predicted octanol–water partition coefficient (Wildman–Crippen LogP) is 2.84. The number of ether oxygens (including phenoxy) is 3. The second-order valence-corrected chi connectivity index (χ2v) is 4.52. The highest BCUT2D eigenvalue weighted by molar-refractivity contribution is 7.80. The first-order chi connectivity index (χ1) is 9.63. The molecule has 0 N–H and O–H groups in total. The third-order valence-corrected chi connectivity index (χ3v) is 3.05. The first kappa shape index (κ1) is 16.6. The first-order valence-corrected chi connectivity index (χ1v) is 6.85. The van der Waals surface area contributed by atoms with Crippen LogP contribution in [0.1, 0.15) is 18.4 Å². The van der Waals surface area contributed by atoms with E-state index >= 15 is 0 Å². The average Bonchev–Trinajstić information content (AvgIpc) is 2.46. The van der Waals surface area contributed by atoms with Crippen molar-refractivity contribution in [3.8, 4) is 11.5 Å². The van der Waals surface area contributed by atoms with Gasteiger partial charge in [0.1, 0.15) is 0 Å². The maximum absolute atomic E-state index is 11.1. The summed E-state index contributed by atoms with van der Waals surface area (Å²) >= 11 is 4.11. The summed E-state index contributed by atoms with van der Waals surface area (Å²) in [5.41, 5.74) is 0.440. The fraction of sp³-hybridized carbons (Fsp3) is 0.538. The van der Waals surface area contributed by atoms with E-state index in [1.807, 2.05) is 0 Å². The Morgan fingerprint density at radius 3 is 2.40 bits per heavy atom. The molecule has 1 aromatic carbocycles. The van der Waals surface area contributed by atoms with Gasteiger partial charge in [0.2, 0.25) is 0 Å². The molecule has 0 amide bonds. The zero-order valence-electron chi connectivity index (χ0n) is 11.6. The summed E-state index contributed by atoms with van der Waals surface area (Å²) in [5.74, 6) is 1.59. The molecule has 1 rings (SSSR count). The molecule has 0 aliphatic rings. The summed E-state index contributed by atoms with van der Waals surface area (Å²) in [7, 11) is 2.93. The van der Waals surface area contributed by atoms with Gasteiger partial charge >= 0.3 is 0 Å². The van der Waals surface area contributed by atoms with E-state index in [-0.39, 0.29) is 12.3 Å². The van der Waals surface area contributed by atoms with Crippen molar-refractivity contribution in [3.05, 3.63) is 27.8 Å². The van der Waals surface area contributed by atoms with Crippen LogP contribution in [0, 0.1) is 10.1 Å². The van der Waals surface area contributed by atoms with E-state index in [4.69, 9.17) is 14.2 Å². The second-order valence-electron chi connectivity index (χ2n) is 4.08. The molecule has 0 saturated carbocycles. The zero-order chi connectivity index (χ0) is 15.0. The molecule has 0 saturated heterocycles. The van der Waals surface area contributed by atoms with E-state index in [1.165, 1.54) is 20.3 Å². The number of benzene rings is 1. The highest BCUT2D eigenvalue weighted by atomic mass is 32.1. The van der Waals surface area contributed by atoms with Gasteiger partial charge < -0.3 is 14.2 Å². The fourth-order valence-electron chi connectivity index (χ4n) is 1.69. The number of hydrogen-bond acceptors (Lipinski definition) is 6. The Hall–Kier alpha value is -1.47. The Kier molecular flexibility index (Phi) is 7.17. The van der Waals surface area contributed by atoms with Gasteiger partial charge in [-0.2, -0.15) is 12.6 Å². The minimum absolute atomic E-state index is 0.0307. The maximum atomic E-state index is 11.1. The number of nitro benzene ring substituents is 1. The monoisotopic (exact) mass is 301 g/mol. The van der Waals surface area contributed by atoms with Gasteiger partial charge in [0, 0.05) is 6.61 Å². The SMILES string of the molecule is COc1cc(COCCCCS)c([N+](=O)[O-])cc1OC. The van der Waals surface area contributed by atoms with E-state index in [0.29, 0.717) is 23.7 Å². The quantitative estimate of drug-likeness (QED) is 0.329. The molecule has 1 aromatic rings. The zero-order valence-corrected chi connectivity index (χ0v) is 12.5. The summed E-state index contributed by atoms with van der Waals surface area (Å²) < 4.78 is 15.7. The molecule has 0 aliphatic carbocycles. The molecule has 7 heteroatoms. The molecule has 0 bridgehead atoms. The second kappa shape index (κ2) is 8.65. The van der Waals surface area contributed by atoms with Gasteiger partial charge in [-0.3, -0.25) is 10.1 Å². The van der Waals surface area contributed by atoms with Crippen LogP contribution in [0.3, 0.4) is 0 Å². The van der Waals surface area contributed by atoms with Crippen molar-refractivity contribution in [2.45, 2.75) is 19.4 Å². The summed E-state index contributed by atoms with van der Waals surface area (Å²) in [6, 6.07) is 2.93. The molecule has 112 valence electrons. The number of hydrogen-bond donors (Lipinski definition) is 1. The van der Waals surface area contributed by atoms with Crippen LogP contribution in [-0.2, 0) is 11.3 Å². The molecule has 0 aliphatic heterocycles. The first-order valence-electron chi connectivity index (χ1n) is 6.22. The van der Waals surface area contributed by atoms with E-state index in [1.54, 1.807) is 6.07 Å². The summed E-state index contributed by atoms with van der Waals surface area (Å²) in [6.07, 6.45) is 1.84. The molecule has 20 heavy (non-hydrogen) atoms. The van der Waals surface area contributed by atoms with Gasteiger partial charge in [-0.1, -0.05) is 0 Å². The lowest BCUT2D eigenvalue weighted by Gasteiger charge is -2.11. The third kappa shape index (κ3) is 4.57. The van der Waals surface area contributed by atoms with Gasteiger partial charge in [-0.15, -0.1) is 0 Å². The van der Waals surface area contributed by atoms with Gasteiger partial charge in [-0.25, -0.2) is 0 Å². The molecule has 0 spiro atoms. The molecule has 0 aromatic heterocycles. The van der Waals surface area contributed by atoms with E-state index in [9.17, 15) is 10.1 Å². The molecule has 6 nitrogen and oxygen atoms in total. The minimum atomic E-state index is -0.450. The van der Waals surface area contributed by atoms with Gasteiger partial charge in [0.05, 0.1) is 37.4 Å². The molecule has 0 radical (unpaired) electrons. The van der Waals surface area contributed by atoms with E-state index in [2.05, 4.69) is 12.6 Å². The summed E-state index contributed by atoms with van der Waals surface area (Å²) in [4.78, 5) is 10.6. The number of nitrogens with zero attached hydrogens (tertiary/aromatic N) is 1. The number of methoxy groups -OCH3 is 2. The predicted molar refractivity (Wildman–Crippen MR) is 78.9 cm³/mol. The molecular weight excluding hydrogens is 282 g/mol. The Morgan fingerprint density at radius 2 is 1.85 bits per heavy atom. The molecule has 0 fully saturated rings. The fourth-order valence-corrected chi connectivity index (χ4v) is 1.92. The van der Waals surface area contributed by atoms with Crippen LogP contribution in [0.2, 0.25) is 0 Å². The Bertz CT molecular complexity index is 453. The highest BCUT2D eigenvalue weighted by Gasteiger charge is 2.19. The van der Waals surface area contributed by atoms with Crippen LogP contribution in [0.5, 0.6) is 11.5 Å². The van der Waals surface area contributed by atoms with Gasteiger partial charge in [0.15, 0.2) is 11.5 Å². The Morgan fingerprint density at radius 1 is 1.20 bits per heavy atom. The lowest BCUT2D eigenvalue weighted by atomic mass is 10.1. The molecule has 0 atom stereocenters. The molecule has 0 unspecified atom stereocenters. The van der Waals surface area contributed by atoms with Crippen molar-refractivity contribution in [2.24, 2.45) is 0 Å². The maximum Gasteiger partial charge on any atom is 0.278 e. The number of unbranched alkanes of at least 4 members (excludes halogenated alkanes) is 1. The average molecular weight is 301 g/mol. The lowest BCUT2D eigenvalue weighted by molar-refractivity contribution is -0.386. The normalized spacial score (nSPS) is 10.3. The topological polar surface area (TPSA) is 70.8 Å². The molecular formula is C13H19NO5S. The Balaban J connectivity index is 2.84. The third-order valence-electron chi connectivity index (χ3n) is 2.74. The smallest absolute Gasteiger partial charge is 0.278 e. The van der Waals surface area contributed by atoms with Crippen molar-refractivity contribution in [2.75, 3.05) is 26.6 Å². The van der Waals surface area contributed by atoms with Crippen LogP contribution in [-0.4, -0.2) is 31.5 Å². The summed E-state index contributed by atoms with van der Waals surface area (Å²) in [6.45, 7) is 0.718. The van der Waals surface area contributed by atoms with Crippen molar-refractivity contribution in [1.29, 1.82) is 0 Å². The van der Waals surface area contributed by atoms with Crippen molar-refractivity contribution in [1.82, 2.24) is 0 Å². The Labute approximate surface area is 123 Å². The van der Waals surface area contributed by atoms with E-state index in [0.717, 1.165) is 18.6 Å². The van der Waals surface area contributed by atoms with Crippen LogP contribution in [0.15, 0.2) is 12.1 Å². The van der Waals surface area contributed by atoms with Crippen LogP contribution in [0.4, 0.5) is 5.69 Å². The van der Waals surface area contributed by atoms with Crippen LogP contribution >= 0.6 is 12.6 Å². The van der Waals surface area contributed by atoms with Crippen LogP contribution in [0.25, 0.3) is 0 Å². The van der Waals surface area contributed by atoms with Crippen LogP contribution < -0.4 is 9.47 Å². The van der Waals surface area contributed by atoms with E-state index < -0.39 is 4.92 Å². The molecule has 0 heterocycles. The highest BCUT2D eigenvalue weighted by Crippen LogP contribution is 2.34. The number of nitro groups is 1. The standard InChI is InChI=1S/C13H19NO5S/c1-17-12-7-10(9-19-5-3-4-6-20)11(14(15)16)8-13(12)18-2/h7-8,20H,3-6,9H2,1-2H3. The lowest BCUT2D eigenvalue weighted by Crippen LogP contribution is -2.02. The van der Waals surface area contributed by atoms with Crippen molar-refractivity contribution < 1.29 is 19.1 Å². The minimum Gasteiger partial charge on any atom is -0.493 e. The number of rotatable bonds is 9. The summed E-state index contributed by atoms with van der Waals surface area (Å²) in [5, 5.41) is 11.1. The van der Waals surface area contributed by atoms with Crippen molar-refractivity contribution in [3.63, 3.8) is 0 Å². The van der Waals surface area contributed by atoms with Crippen molar-refractivity contribution >= 4 is 18.3 Å². The van der Waals surface area contributed by atoms with Gasteiger partial charge in [-0.05, 0) is 24.7 Å². The number of thiol groups is 1. The van der Waals surface area contributed by atoms with Gasteiger partial charge in [0.25, 0.3) is 5.69 Å². The largest absolute Gasteiger partial charge is 0.493 e.